The molecule has 124 valence electrons. The number of rotatable bonds is 5. The molecule has 1 atom stereocenters. The summed E-state index contributed by atoms with van der Waals surface area (Å²) in [6, 6.07) is 8.92. The van der Waals surface area contributed by atoms with E-state index < -0.39 is 17.6 Å². The van der Waals surface area contributed by atoms with Crippen molar-refractivity contribution in [1.82, 2.24) is 24.5 Å². The van der Waals surface area contributed by atoms with E-state index in [0.717, 1.165) is 5.56 Å². The highest BCUT2D eigenvalue weighted by Crippen LogP contribution is 2.10. The van der Waals surface area contributed by atoms with Crippen molar-refractivity contribution in [1.29, 1.82) is 0 Å². The van der Waals surface area contributed by atoms with Crippen LogP contribution in [-0.2, 0) is 16.1 Å². The van der Waals surface area contributed by atoms with Gasteiger partial charge in [0.2, 0.25) is 0 Å². The van der Waals surface area contributed by atoms with E-state index in [4.69, 9.17) is 4.74 Å². The number of nitrogens with zero attached hydrogens (tertiary/aromatic N) is 5. The maximum absolute atomic E-state index is 12.5. The topological polar surface area (TPSA) is 91.9 Å². The zero-order chi connectivity index (χ0) is 17.1. The molecule has 0 radical (unpaired) electrons. The lowest BCUT2D eigenvalue weighted by atomic mass is 10.2. The third kappa shape index (κ3) is 2.90. The molecule has 3 rings (SSSR count). The van der Waals surface area contributed by atoms with Crippen molar-refractivity contribution in [3.8, 4) is 0 Å². The highest BCUT2D eigenvalue weighted by Gasteiger charge is 2.20. The van der Waals surface area contributed by atoms with E-state index in [1.165, 1.54) is 10.9 Å². The van der Waals surface area contributed by atoms with Crippen molar-refractivity contribution in [3.63, 3.8) is 0 Å². The Hall–Kier alpha value is -3.03. The molecule has 8 nitrogen and oxygen atoms in total. The molecule has 24 heavy (non-hydrogen) atoms. The maximum Gasteiger partial charge on any atom is 0.328 e. The van der Waals surface area contributed by atoms with E-state index in [-0.39, 0.29) is 12.1 Å². The molecule has 8 heteroatoms. The molecule has 0 saturated carbocycles. The lowest BCUT2D eigenvalue weighted by Gasteiger charge is -2.12. The van der Waals surface area contributed by atoms with Crippen molar-refractivity contribution >= 4 is 17.1 Å². The average molecular weight is 327 g/mol. The van der Waals surface area contributed by atoms with Crippen molar-refractivity contribution < 1.29 is 9.53 Å². The first kappa shape index (κ1) is 15.9. The van der Waals surface area contributed by atoms with Crippen LogP contribution in [0.2, 0.25) is 0 Å². The number of aromatic nitrogens is 5. The van der Waals surface area contributed by atoms with Crippen molar-refractivity contribution in [3.05, 3.63) is 52.6 Å². The Bertz CT molecular complexity index is 916. The Balaban J connectivity index is 1.97. The molecule has 0 aliphatic heterocycles. The van der Waals surface area contributed by atoms with Crippen LogP contribution in [0.3, 0.4) is 0 Å². The Kier molecular flexibility index (Phi) is 4.37. The number of carbonyl (C=O) groups excluding carboxylic acids is 1. The molecule has 0 N–H and O–H groups in total. The molecule has 0 fully saturated rings. The average Bonchev–Trinajstić information content (AvgIpc) is 3.00. The van der Waals surface area contributed by atoms with Crippen molar-refractivity contribution in [2.24, 2.45) is 0 Å². The maximum atomic E-state index is 12.5. The highest BCUT2D eigenvalue weighted by molar-refractivity contribution is 5.74. The van der Waals surface area contributed by atoms with Gasteiger partial charge in [0.25, 0.3) is 5.56 Å². The Morgan fingerprint density at radius 2 is 2.04 bits per heavy atom. The summed E-state index contributed by atoms with van der Waals surface area (Å²) in [5.41, 5.74) is 1.12. The smallest absolute Gasteiger partial charge is 0.328 e. The molecule has 0 aliphatic rings. The minimum Gasteiger partial charge on any atom is -0.464 e. The summed E-state index contributed by atoms with van der Waals surface area (Å²) >= 11 is 0. The molecule has 2 aromatic heterocycles. The van der Waals surface area contributed by atoms with Crippen LogP contribution in [0.15, 0.2) is 41.5 Å². The summed E-state index contributed by atoms with van der Waals surface area (Å²) in [7, 11) is 0. The lowest BCUT2D eigenvalue weighted by Crippen LogP contribution is -2.29. The summed E-state index contributed by atoms with van der Waals surface area (Å²) in [5.74, 6) is -0.488. The summed E-state index contributed by atoms with van der Waals surface area (Å²) in [5, 5.41) is 7.94. The fraction of sp³-hybridized carbons (Fsp3) is 0.312. The third-order valence-electron chi connectivity index (χ3n) is 3.67. The van der Waals surface area contributed by atoms with Crippen LogP contribution < -0.4 is 5.56 Å². The van der Waals surface area contributed by atoms with E-state index in [0.29, 0.717) is 12.2 Å². The van der Waals surface area contributed by atoms with Crippen molar-refractivity contribution in [2.45, 2.75) is 26.4 Å². The molecule has 2 heterocycles. The number of carbonyl (C=O) groups is 1. The molecule has 0 bridgehead atoms. The summed E-state index contributed by atoms with van der Waals surface area (Å²) in [6.07, 6.45) is 1.33. The van der Waals surface area contributed by atoms with Gasteiger partial charge < -0.3 is 4.74 Å². The molecule has 3 aromatic rings. The Morgan fingerprint density at radius 1 is 1.29 bits per heavy atom. The van der Waals surface area contributed by atoms with Gasteiger partial charge in [-0.3, -0.25) is 9.36 Å². The first-order valence-corrected chi connectivity index (χ1v) is 7.62. The summed E-state index contributed by atoms with van der Waals surface area (Å²) < 4.78 is 7.71. The van der Waals surface area contributed by atoms with Gasteiger partial charge in [-0.25, -0.2) is 14.5 Å². The number of fused-ring (bicyclic) bond motifs is 1. The molecular weight excluding hydrogens is 310 g/mol. The quantitative estimate of drug-likeness (QED) is 0.653. The second-order valence-electron chi connectivity index (χ2n) is 5.29. The van der Waals surface area contributed by atoms with Crippen LogP contribution >= 0.6 is 0 Å². The first-order chi connectivity index (χ1) is 11.6. The van der Waals surface area contributed by atoms with Gasteiger partial charge in [0.05, 0.1) is 13.2 Å². The second kappa shape index (κ2) is 6.61. The number of esters is 1. The van der Waals surface area contributed by atoms with Gasteiger partial charge in [0, 0.05) is 0 Å². The van der Waals surface area contributed by atoms with Crippen LogP contribution in [0.1, 0.15) is 25.5 Å². The fourth-order valence-electron chi connectivity index (χ4n) is 2.38. The molecule has 0 spiro atoms. The van der Waals surface area contributed by atoms with Crippen molar-refractivity contribution in [2.75, 3.05) is 6.61 Å². The van der Waals surface area contributed by atoms with Gasteiger partial charge in [0.15, 0.2) is 11.2 Å². The first-order valence-electron chi connectivity index (χ1n) is 7.62. The zero-order valence-corrected chi connectivity index (χ0v) is 13.4. The van der Waals surface area contributed by atoms with Crippen LogP contribution in [0.25, 0.3) is 11.2 Å². The van der Waals surface area contributed by atoms with Gasteiger partial charge in [-0.1, -0.05) is 35.5 Å². The van der Waals surface area contributed by atoms with Crippen LogP contribution in [0.4, 0.5) is 0 Å². The number of hydrogen-bond donors (Lipinski definition) is 0. The standard InChI is InChI=1S/C16H17N5O3/c1-3-24-16(23)11(2)20-10-17-14-13(15(20)22)18-19-21(14)9-12-7-5-4-6-8-12/h4-8,10-11H,3,9H2,1-2H3/t11-/m1/s1. The largest absolute Gasteiger partial charge is 0.464 e. The molecular formula is C16H17N5O3. The fourth-order valence-corrected chi connectivity index (χ4v) is 2.38. The van der Waals surface area contributed by atoms with Gasteiger partial charge >= 0.3 is 5.97 Å². The van der Waals surface area contributed by atoms with E-state index in [2.05, 4.69) is 15.3 Å². The Labute approximate surface area is 137 Å². The lowest BCUT2D eigenvalue weighted by molar-refractivity contribution is -0.146. The van der Waals surface area contributed by atoms with E-state index in [1.807, 2.05) is 30.3 Å². The third-order valence-corrected chi connectivity index (χ3v) is 3.67. The molecule has 0 unspecified atom stereocenters. The molecule has 0 amide bonds. The zero-order valence-electron chi connectivity index (χ0n) is 13.4. The van der Waals surface area contributed by atoms with Gasteiger partial charge in [-0.2, -0.15) is 0 Å². The van der Waals surface area contributed by atoms with Gasteiger partial charge in [-0.15, -0.1) is 5.10 Å². The van der Waals surface area contributed by atoms with E-state index in [9.17, 15) is 9.59 Å². The highest BCUT2D eigenvalue weighted by atomic mass is 16.5. The van der Waals surface area contributed by atoms with Gasteiger partial charge in [0.1, 0.15) is 12.4 Å². The van der Waals surface area contributed by atoms with Gasteiger partial charge in [-0.05, 0) is 19.4 Å². The normalized spacial score (nSPS) is 12.2. The molecule has 1 aromatic carbocycles. The Morgan fingerprint density at radius 3 is 2.75 bits per heavy atom. The van der Waals surface area contributed by atoms with Crippen LogP contribution in [0.5, 0.6) is 0 Å². The number of benzene rings is 1. The monoisotopic (exact) mass is 327 g/mol. The van der Waals surface area contributed by atoms with E-state index in [1.54, 1.807) is 18.5 Å². The van der Waals surface area contributed by atoms with Crippen LogP contribution in [0, 0.1) is 0 Å². The summed E-state index contributed by atoms with van der Waals surface area (Å²) in [4.78, 5) is 28.6. The molecule has 0 aliphatic carbocycles. The predicted molar refractivity (Wildman–Crippen MR) is 86.5 cm³/mol. The minimum atomic E-state index is -0.770. The molecule has 0 saturated heterocycles. The van der Waals surface area contributed by atoms with Crippen LogP contribution in [-0.4, -0.2) is 37.1 Å². The SMILES string of the molecule is CCOC(=O)[C@@H](C)n1cnc2c(nnn2Cc2ccccc2)c1=O. The summed E-state index contributed by atoms with van der Waals surface area (Å²) in [6.45, 7) is 4.01. The minimum absolute atomic E-state index is 0.129. The number of ether oxygens (including phenoxy) is 1. The second-order valence-corrected chi connectivity index (χ2v) is 5.29. The van der Waals surface area contributed by atoms with E-state index >= 15 is 0 Å². The predicted octanol–water partition coefficient (Wildman–Crippen LogP) is 1.16. The number of hydrogen-bond acceptors (Lipinski definition) is 6.